The molecular formula is C14H20N2O3S2. The Morgan fingerprint density at radius 3 is 2.90 bits per heavy atom. The van der Waals surface area contributed by atoms with Crippen molar-refractivity contribution in [1.82, 2.24) is 4.72 Å². The monoisotopic (exact) mass is 328 g/mol. The van der Waals surface area contributed by atoms with Gasteiger partial charge in [0.05, 0.1) is 11.5 Å². The molecule has 2 rings (SSSR count). The van der Waals surface area contributed by atoms with Gasteiger partial charge in [0, 0.05) is 18.7 Å². The number of aryl methyl sites for hydroxylation is 1. The molecule has 3 N–H and O–H groups in total. The van der Waals surface area contributed by atoms with Gasteiger partial charge in [-0.15, -0.1) is 0 Å². The molecule has 0 saturated carbocycles. The van der Waals surface area contributed by atoms with Gasteiger partial charge in [-0.25, -0.2) is 13.1 Å². The van der Waals surface area contributed by atoms with Crippen molar-refractivity contribution in [2.75, 3.05) is 19.8 Å². The maximum atomic E-state index is 12.4. The summed E-state index contributed by atoms with van der Waals surface area (Å²) in [5.74, 6) is 0.229. The summed E-state index contributed by atoms with van der Waals surface area (Å²) in [6.45, 7) is 3.51. The summed E-state index contributed by atoms with van der Waals surface area (Å²) in [5, 5.41) is 0. The minimum atomic E-state index is -3.57. The number of thiocarbonyl (C=S) groups is 1. The number of hydrogen-bond donors (Lipinski definition) is 2. The lowest BCUT2D eigenvalue weighted by molar-refractivity contribution is 0.0568. The minimum absolute atomic E-state index is 0.187. The molecule has 1 atom stereocenters. The van der Waals surface area contributed by atoms with Crippen LogP contribution in [0.15, 0.2) is 23.1 Å². The molecule has 116 valence electrons. The molecule has 7 heteroatoms. The molecule has 1 aromatic carbocycles. The molecule has 1 unspecified atom stereocenters. The molecule has 1 aromatic rings. The first kappa shape index (κ1) is 16.4. The Balaban J connectivity index is 2.14. The van der Waals surface area contributed by atoms with Crippen LogP contribution >= 0.6 is 12.2 Å². The highest BCUT2D eigenvalue weighted by Crippen LogP contribution is 2.18. The van der Waals surface area contributed by atoms with Crippen molar-refractivity contribution in [3.8, 4) is 0 Å². The molecule has 5 nitrogen and oxygen atoms in total. The zero-order chi connectivity index (χ0) is 15.5. The zero-order valence-corrected chi connectivity index (χ0v) is 13.6. The summed E-state index contributed by atoms with van der Waals surface area (Å²) in [7, 11) is -3.57. The summed E-state index contributed by atoms with van der Waals surface area (Å²) in [6, 6.07) is 4.97. The lowest BCUT2D eigenvalue weighted by Gasteiger charge is -2.22. The van der Waals surface area contributed by atoms with Crippen LogP contribution in [0.3, 0.4) is 0 Å². The van der Waals surface area contributed by atoms with Gasteiger partial charge < -0.3 is 10.5 Å². The van der Waals surface area contributed by atoms with Crippen LogP contribution in [-0.2, 0) is 14.8 Å². The average molecular weight is 328 g/mol. The van der Waals surface area contributed by atoms with E-state index in [2.05, 4.69) is 4.72 Å². The average Bonchev–Trinajstić information content (AvgIpc) is 2.46. The molecule has 1 aliphatic heterocycles. The van der Waals surface area contributed by atoms with Crippen LogP contribution in [-0.4, -0.2) is 33.2 Å². The van der Waals surface area contributed by atoms with E-state index in [0.29, 0.717) is 24.3 Å². The van der Waals surface area contributed by atoms with Crippen LogP contribution in [0.25, 0.3) is 0 Å². The minimum Gasteiger partial charge on any atom is -0.389 e. The summed E-state index contributed by atoms with van der Waals surface area (Å²) in [5.41, 5.74) is 6.79. The van der Waals surface area contributed by atoms with Crippen LogP contribution < -0.4 is 10.5 Å². The zero-order valence-electron chi connectivity index (χ0n) is 12.0. The highest BCUT2D eigenvalue weighted by atomic mass is 32.2. The Morgan fingerprint density at radius 1 is 1.52 bits per heavy atom. The maximum Gasteiger partial charge on any atom is 0.240 e. The Labute approximate surface area is 130 Å². The summed E-state index contributed by atoms with van der Waals surface area (Å²) >= 11 is 4.90. The van der Waals surface area contributed by atoms with Crippen molar-refractivity contribution in [3.63, 3.8) is 0 Å². The fourth-order valence-corrected chi connectivity index (χ4v) is 3.83. The Bertz CT molecular complexity index is 623. The van der Waals surface area contributed by atoms with Gasteiger partial charge in [0.1, 0.15) is 4.99 Å². The SMILES string of the molecule is Cc1ccc(C(N)=S)cc1S(=O)(=O)NCC1CCCOC1. The first-order valence-corrected chi connectivity index (χ1v) is 8.77. The third-order valence-electron chi connectivity index (χ3n) is 3.58. The molecule has 1 heterocycles. The molecular weight excluding hydrogens is 308 g/mol. The van der Waals surface area contributed by atoms with Crippen molar-refractivity contribution in [1.29, 1.82) is 0 Å². The summed E-state index contributed by atoms with van der Waals surface area (Å²) in [4.78, 5) is 0.414. The van der Waals surface area contributed by atoms with Gasteiger partial charge in [-0.05, 0) is 37.3 Å². The van der Waals surface area contributed by atoms with Crippen molar-refractivity contribution in [2.45, 2.75) is 24.7 Å². The largest absolute Gasteiger partial charge is 0.389 e. The molecule has 0 aromatic heterocycles. The number of nitrogens with two attached hydrogens (primary N) is 1. The maximum absolute atomic E-state index is 12.4. The Morgan fingerprint density at radius 2 is 2.29 bits per heavy atom. The van der Waals surface area contributed by atoms with Crippen LogP contribution in [0.2, 0.25) is 0 Å². The summed E-state index contributed by atoms with van der Waals surface area (Å²) in [6.07, 6.45) is 1.96. The highest BCUT2D eigenvalue weighted by molar-refractivity contribution is 7.89. The smallest absolute Gasteiger partial charge is 0.240 e. The van der Waals surface area contributed by atoms with Crippen molar-refractivity contribution in [3.05, 3.63) is 29.3 Å². The van der Waals surface area contributed by atoms with Gasteiger partial charge in [0.2, 0.25) is 10.0 Å². The fourth-order valence-electron chi connectivity index (χ4n) is 2.32. The molecule has 21 heavy (non-hydrogen) atoms. The van der Waals surface area contributed by atoms with Gasteiger partial charge >= 0.3 is 0 Å². The Hall–Kier alpha value is -1.02. The van der Waals surface area contributed by atoms with Crippen LogP contribution in [0.1, 0.15) is 24.0 Å². The van der Waals surface area contributed by atoms with E-state index >= 15 is 0 Å². The number of nitrogens with one attached hydrogen (secondary N) is 1. The normalized spacial score (nSPS) is 19.4. The van der Waals surface area contributed by atoms with Gasteiger partial charge in [-0.2, -0.15) is 0 Å². The quantitative estimate of drug-likeness (QED) is 0.797. The number of sulfonamides is 1. The lowest BCUT2D eigenvalue weighted by Crippen LogP contribution is -2.33. The second-order valence-corrected chi connectivity index (χ2v) is 7.45. The third kappa shape index (κ3) is 4.23. The summed E-state index contributed by atoms with van der Waals surface area (Å²) < 4.78 is 32.9. The topological polar surface area (TPSA) is 81.4 Å². The standard InChI is InChI=1S/C14H20N2O3S2/c1-10-4-5-12(14(15)20)7-13(10)21(17,18)16-8-11-3-2-6-19-9-11/h4-5,7,11,16H,2-3,6,8-9H2,1H3,(H2,15,20). The van der Waals surface area contributed by atoms with E-state index in [1.807, 2.05) is 0 Å². The molecule has 0 spiro atoms. The van der Waals surface area contributed by atoms with Crippen LogP contribution in [0.5, 0.6) is 0 Å². The van der Waals surface area contributed by atoms with E-state index in [1.165, 1.54) is 6.07 Å². The molecule has 0 aliphatic carbocycles. The first-order valence-electron chi connectivity index (χ1n) is 6.88. The van der Waals surface area contributed by atoms with Crippen LogP contribution in [0, 0.1) is 12.8 Å². The number of rotatable bonds is 5. The van der Waals surface area contributed by atoms with E-state index in [9.17, 15) is 8.42 Å². The van der Waals surface area contributed by atoms with E-state index in [-0.39, 0.29) is 15.8 Å². The number of benzene rings is 1. The second-order valence-electron chi connectivity index (χ2n) is 5.28. The molecule has 1 aliphatic rings. The van der Waals surface area contributed by atoms with Crippen molar-refractivity contribution in [2.24, 2.45) is 11.7 Å². The van der Waals surface area contributed by atoms with Crippen LogP contribution in [0.4, 0.5) is 0 Å². The molecule has 0 bridgehead atoms. The first-order chi connectivity index (χ1) is 9.90. The lowest BCUT2D eigenvalue weighted by atomic mass is 10.0. The molecule has 1 fully saturated rings. The number of ether oxygens (including phenoxy) is 1. The van der Waals surface area contributed by atoms with Crippen molar-refractivity contribution >= 4 is 27.2 Å². The Kier molecular flexibility index (Phi) is 5.32. The van der Waals surface area contributed by atoms with Gasteiger partial charge in [0.15, 0.2) is 0 Å². The van der Waals surface area contributed by atoms with Crippen molar-refractivity contribution < 1.29 is 13.2 Å². The van der Waals surface area contributed by atoms with E-state index in [4.69, 9.17) is 22.7 Å². The molecule has 0 radical (unpaired) electrons. The molecule has 0 amide bonds. The predicted octanol–water partition coefficient (Wildman–Crippen LogP) is 1.33. The third-order valence-corrected chi connectivity index (χ3v) is 5.38. The fraction of sp³-hybridized carbons (Fsp3) is 0.500. The number of hydrogen-bond acceptors (Lipinski definition) is 4. The highest BCUT2D eigenvalue weighted by Gasteiger charge is 2.21. The predicted molar refractivity (Wildman–Crippen MR) is 85.8 cm³/mol. The van der Waals surface area contributed by atoms with Gasteiger partial charge in [0.25, 0.3) is 0 Å². The van der Waals surface area contributed by atoms with Gasteiger partial charge in [-0.3, -0.25) is 0 Å². The van der Waals surface area contributed by atoms with E-state index < -0.39 is 10.0 Å². The van der Waals surface area contributed by atoms with Gasteiger partial charge in [-0.1, -0.05) is 24.4 Å². The van der Waals surface area contributed by atoms with E-state index in [0.717, 1.165) is 19.4 Å². The van der Waals surface area contributed by atoms with E-state index in [1.54, 1.807) is 19.1 Å². The molecule has 1 saturated heterocycles. The second kappa shape index (κ2) is 6.83.